The molecule has 8 heteroatoms. The van der Waals surface area contributed by atoms with Crippen molar-refractivity contribution < 1.29 is 45.3 Å². The summed E-state index contributed by atoms with van der Waals surface area (Å²) in [7, 11) is 0. The fourth-order valence-corrected chi connectivity index (χ4v) is 0. The monoisotopic (exact) mass is 167 g/mol. The van der Waals surface area contributed by atoms with Gasteiger partial charge in [-0.05, 0) is 0 Å². The van der Waals surface area contributed by atoms with E-state index < -0.39 is 0 Å². The van der Waals surface area contributed by atoms with Crippen LogP contribution in [0.4, 0.5) is 0 Å². The molecule has 0 aromatic heterocycles. The molecule has 0 saturated heterocycles. The van der Waals surface area contributed by atoms with Gasteiger partial charge in [0.1, 0.15) is 0 Å². The van der Waals surface area contributed by atoms with Crippen molar-refractivity contribution in [2.24, 2.45) is 0 Å². The van der Waals surface area contributed by atoms with Gasteiger partial charge in [0.2, 0.25) is 0 Å². The van der Waals surface area contributed by atoms with Gasteiger partial charge in [0.05, 0.1) is 0 Å². The zero-order valence-electron chi connectivity index (χ0n) is 4.09. The van der Waals surface area contributed by atoms with E-state index >= 15 is 0 Å². The van der Waals surface area contributed by atoms with Crippen molar-refractivity contribution >= 4 is 23.1 Å². The molecule has 6 nitrogen and oxygen atoms in total. The van der Waals surface area contributed by atoms with Gasteiger partial charge >= 0.3 is 23.1 Å². The molecule has 0 spiro atoms. The van der Waals surface area contributed by atoms with Crippen LogP contribution in [0, 0.1) is 0 Å². The van der Waals surface area contributed by atoms with Crippen LogP contribution in [-0.4, -0.2) is 55.9 Å². The van der Waals surface area contributed by atoms with Crippen molar-refractivity contribution in [3.05, 3.63) is 0 Å². The summed E-state index contributed by atoms with van der Waals surface area (Å²) in [6, 6.07) is 0. The Hall–Kier alpha value is 0.816. The summed E-state index contributed by atoms with van der Waals surface area (Å²) in [4.78, 5) is 0. The maximum Gasteiger partial charge on any atom is 2.00 e. The van der Waals surface area contributed by atoms with Gasteiger partial charge in [0, 0.05) is 0 Å². The largest absolute Gasteiger partial charge is 2.00 e. The van der Waals surface area contributed by atoms with Crippen LogP contribution in [0.25, 0.3) is 0 Å². The molecule has 0 aliphatic carbocycles. The Balaban J connectivity index is 0. The Labute approximate surface area is 68.7 Å². The van der Waals surface area contributed by atoms with Gasteiger partial charge in [-0.3, -0.25) is 0 Å². The van der Waals surface area contributed by atoms with E-state index in [4.69, 9.17) is 0 Å². The third-order valence-electron chi connectivity index (χ3n) is 0. The van der Waals surface area contributed by atoms with Crippen molar-refractivity contribution in [1.29, 1.82) is 0 Å². The first-order valence-electron chi connectivity index (χ1n) is 0. The number of hydrogen-bond acceptors (Lipinski definition) is 0. The molecular weight excluding hydrogens is 156 g/mol. The average molecular weight is 168 g/mol. The molecule has 0 aliphatic heterocycles. The van der Waals surface area contributed by atoms with E-state index in [1.807, 2.05) is 0 Å². The first kappa shape index (κ1) is 808. The smallest absolute Gasteiger partial charge is 1.00 e. The van der Waals surface area contributed by atoms with Crippen molar-refractivity contribution in [3.63, 3.8) is 0 Å². The van der Waals surface area contributed by atoms with Gasteiger partial charge in [0.15, 0.2) is 0 Å². The SMILES string of the molecule is O.O.O.O.O.O.[Cl-].[Mg+2]. The van der Waals surface area contributed by atoms with Gasteiger partial charge in [0.25, 0.3) is 0 Å². The molecule has 0 saturated carbocycles. The quantitative estimate of drug-likeness (QED) is 0.310. The Morgan fingerprint density at radius 1 is 0.375 bits per heavy atom. The van der Waals surface area contributed by atoms with Crippen LogP contribution in [0.1, 0.15) is 0 Å². The summed E-state index contributed by atoms with van der Waals surface area (Å²) < 4.78 is 0. The average Bonchev–Trinajstić information content (AvgIpc) is 0. The second kappa shape index (κ2) is 545. The molecule has 0 amide bonds. The molecule has 12 N–H and O–H groups in total. The van der Waals surface area contributed by atoms with E-state index in [2.05, 4.69) is 0 Å². The molecule has 0 heterocycles. The normalized spacial score (nSPS) is 0. The van der Waals surface area contributed by atoms with Gasteiger partial charge in [-0.1, -0.05) is 0 Å². The minimum Gasteiger partial charge on any atom is -1.00 e. The van der Waals surface area contributed by atoms with Crippen LogP contribution in [0.5, 0.6) is 0 Å². The molecule has 0 atom stereocenters. The summed E-state index contributed by atoms with van der Waals surface area (Å²) in [5, 5.41) is 0. The third kappa shape index (κ3) is 346. The van der Waals surface area contributed by atoms with Gasteiger partial charge in [-0.15, -0.1) is 0 Å². The molecule has 0 unspecified atom stereocenters. The molecule has 0 aromatic rings. The molecule has 8 heavy (non-hydrogen) atoms. The third-order valence-corrected chi connectivity index (χ3v) is 0. The van der Waals surface area contributed by atoms with Gasteiger partial charge in [-0.25, -0.2) is 0 Å². The zero-order chi connectivity index (χ0) is 0. The van der Waals surface area contributed by atoms with Crippen LogP contribution in [0.2, 0.25) is 0 Å². The maximum absolute atomic E-state index is 0. The molecule has 0 fully saturated rings. The standard InChI is InChI=1S/ClH.Mg.6H2O/h1H;;6*1H2/q;+2;;;;;;/p-1. The predicted molar refractivity (Wildman–Crippen MR) is 27.4 cm³/mol. The molecular formula is H12ClMgO6+. The summed E-state index contributed by atoms with van der Waals surface area (Å²) in [5.41, 5.74) is 0. The van der Waals surface area contributed by atoms with Crippen molar-refractivity contribution in [3.8, 4) is 0 Å². The second-order valence-electron chi connectivity index (χ2n) is 0. The summed E-state index contributed by atoms with van der Waals surface area (Å²) in [6.07, 6.45) is 0. The summed E-state index contributed by atoms with van der Waals surface area (Å²) in [6.45, 7) is 0. The molecule has 0 aromatic carbocycles. The van der Waals surface area contributed by atoms with Gasteiger partial charge in [-0.2, -0.15) is 0 Å². The topological polar surface area (TPSA) is 189 Å². The van der Waals surface area contributed by atoms with Crippen molar-refractivity contribution in [1.82, 2.24) is 0 Å². The van der Waals surface area contributed by atoms with E-state index in [1.54, 1.807) is 0 Å². The molecule has 0 aliphatic rings. The van der Waals surface area contributed by atoms with Crippen LogP contribution in [-0.2, 0) is 0 Å². The minimum absolute atomic E-state index is 0. The van der Waals surface area contributed by atoms with E-state index in [1.165, 1.54) is 0 Å². The fraction of sp³-hybridized carbons (Fsp3) is 0. The van der Waals surface area contributed by atoms with Crippen LogP contribution in [0.15, 0.2) is 0 Å². The molecule has 0 rings (SSSR count). The van der Waals surface area contributed by atoms with E-state index in [0.717, 1.165) is 0 Å². The molecule has 0 radical (unpaired) electrons. The number of rotatable bonds is 0. The Morgan fingerprint density at radius 3 is 0.375 bits per heavy atom. The Morgan fingerprint density at radius 2 is 0.375 bits per heavy atom. The first-order chi connectivity index (χ1) is 0. The minimum atomic E-state index is 0. The fourth-order valence-electron chi connectivity index (χ4n) is 0. The van der Waals surface area contributed by atoms with Crippen molar-refractivity contribution in [2.75, 3.05) is 0 Å². The summed E-state index contributed by atoms with van der Waals surface area (Å²) >= 11 is 0. The number of halogens is 1. The maximum atomic E-state index is 0. The second-order valence-corrected chi connectivity index (χ2v) is 0. The number of hydrogen-bond donors (Lipinski definition) is 0. The Bertz CT molecular complexity index is 8.49. The first-order valence-corrected chi connectivity index (χ1v) is 0. The zero-order valence-corrected chi connectivity index (χ0v) is 6.26. The summed E-state index contributed by atoms with van der Waals surface area (Å²) in [5.74, 6) is 0. The molecule has 0 bridgehead atoms. The van der Waals surface area contributed by atoms with Crippen LogP contribution < -0.4 is 12.4 Å². The van der Waals surface area contributed by atoms with E-state index in [0.29, 0.717) is 0 Å². The Kier molecular flexibility index (Phi) is 55100. The van der Waals surface area contributed by atoms with E-state index in [-0.39, 0.29) is 68.3 Å². The van der Waals surface area contributed by atoms with E-state index in [9.17, 15) is 0 Å². The van der Waals surface area contributed by atoms with Gasteiger partial charge < -0.3 is 45.3 Å². The van der Waals surface area contributed by atoms with Crippen molar-refractivity contribution in [2.45, 2.75) is 0 Å². The van der Waals surface area contributed by atoms with Crippen LogP contribution >= 0.6 is 0 Å². The molecule has 56 valence electrons. The van der Waals surface area contributed by atoms with Crippen LogP contribution in [0.3, 0.4) is 0 Å². The predicted octanol–water partition coefficient (Wildman–Crippen LogP) is -8.32.